The Balaban J connectivity index is 1.63. The Morgan fingerprint density at radius 3 is 2.41 bits per heavy atom. The molecule has 200 valence electrons. The summed E-state index contributed by atoms with van der Waals surface area (Å²) in [6, 6.07) is 11.7. The number of aryl methyl sites for hydroxylation is 1. The third-order valence-corrected chi connectivity index (χ3v) is 8.76. The second-order valence-corrected chi connectivity index (χ2v) is 12.6. The van der Waals surface area contributed by atoms with Crippen LogP contribution in [0.4, 0.5) is 0 Å². The first-order valence-electron chi connectivity index (χ1n) is 13.2. The van der Waals surface area contributed by atoms with Crippen LogP contribution in [0.1, 0.15) is 62.9 Å². The number of fused-ring (bicyclic) bond motifs is 2. The number of hydrogen-bond acceptors (Lipinski definition) is 4. The van der Waals surface area contributed by atoms with Crippen molar-refractivity contribution in [3.05, 3.63) is 47.5 Å². The molecule has 2 aromatic carbocycles. The summed E-state index contributed by atoms with van der Waals surface area (Å²) in [7, 11) is 1.60. The fourth-order valence-corrected chi connectivity index (χ4v) is 6.96. The van der Waals surface area contributed by atoms with Crippen molar-refractivity contribution in [1.82, 2.24) is 8.43 Å². The summed E-state index contributed by atoms with van der Waals surface area (Å²) < 4.78 is 13.0. The van der Waals surface area contributed by atoms with Crippen LogP contribution in [0, 0.1) is 30.1 Å². The lowest BCUT2D eigenvalue weighted by molar-refractivity contribution is -0.128. The van der Waals surface area contributed by atoms with Gasteiger partial charge in [-0.15, -0.1) is 0 Å². The molecule has 4 atom stereocenters. The maximum atomic E-state index is 14.0. The number of hydrogen-bond donors (Lipinski definition) is 1. The van der Waals surface area contributed by atoms with Crippen molar-refractivity contribution in [2.45, 2.75) is 59.9 Å². The van der Waals surface area contributed by atoms with Gasteiger partial charge in [-0.05, 0) is 91.3 Å². The van der Waals surface area contributed by atoms with Gasteiger partial charge < -0.3 is 14.8 Å². The number of nitrogens with zero attached hydrogens (tertiary/aromatic N) is 1. The molecule has 2 aliphatic carbocycles. The van der Waals surface area contributed by atoms with Crippen LogP contribution in [0.2, 0.25) is 0 Å². The number of benzene rings is 2. The van der Waals surface area contributed by atoms with Gasteiger partial charge in [-0.1, -0.05) is 32.9 Å². The quantitative estimate of drug-likeness (QED) is 0.273. The summed E-state index contributed by atoms with van der Waals surface area (Å²) >= 11 is 2.14. The minimum absolute atomic E-state index is 0.00907. The maximum Gasteiger partial charge on any atom is 0.266 e. The van der Waals surface area contributed by atoms with Gasteiger partial charge in [0.05, 0.1) is 54.1 Å². The summed E-state index contributed by atoms with van der Waals surface area (Å²) in [5.41, 5.74) is 3.54. The van der Waals surface area contributed by atoms with Gasteiger partial charge in [0.15, 0.2) is 0 Å². The topological polar surface area (TPSA) is 67.9 Å². The predicted molar refractivity (Wildman–Crippen MR) is 155 cm³/mol. The summed E-state index contributed by atoms with van der Waals surface area (Å²) in [5, 5.41) is 3.17. The molecule has 1 N–H and O–H groups in total. The average molecular weight is 619 g/mol. The van der Waals surface area contributed by atoms with Crippen LogP contribution < -0.4 is 14.8 Å². The molecule has 4 rings (SSSR count). The summed E-state index contributed by atoms with van der Waals surface area (Å²) in [6.45, 7) is 11.6. The second kappa shape index (κ2) is 11.2. The highest BCUT2D eigenvalue weighted by molar-refractivity contribution is 14.1. The molecule has 2 aromatic rings. The first kappa shape index (κ1) is 27.7. The lowest BCUT2D eigenvalue weighted by Crippen LogP contribution is -2.49. The summed E-state index contributed by atoms with van der Waals surface area (Å²) in [4.78, 5) is 27.3. The molecule has 0 spiro atoms. The predicted octanol–water partition coefficient (Wildman–Crippen LogP) is 6.44. The van der Waals surface area contributed by atoms with Gasteiger partial charge in [0.2, 0.25) is 5.91 Å². The first-order chi connectivity index (χ1) is 17.5. The number of carbonyl (C=O) groups is 2. The fraction of sp³-hybridized carbons (Fsp3) is 0.533. The molecule has 2 bridgehead atoms. The maximum absolute atomic E-state index is 14.0. The van der Waals surface area contributed by atoms with Crippen molar-refractivity contribution < 1.29 is 19.1 Å². The van der Waals surface area contributed by atoms with E-state index in [-0.39, 0.29) is 29.2 Å². The fourth-order valence-electron chi connectivity index (χ4n) is 5.90. The normalized spacial score (nSPS) is 22.6. The summed E-state index contributed by atoms with van der Waals surface area (Å²) in [5.74, 6) is 1.83. The third-order valence-electron chi connectivity index (χ3n) is 7.68. The molecule has 0 heterocycles. The van der Waals surface area contributed by atoms with Crippen LogP contribution >= 0.6 is 22.9 Å². The zero-order chi connectivity index (χ0) is 26.9. The smallest absolute Gasteiger partial charge is 0.266 e. The van der Waals surface area contributed by atoms with Crippen molar-refractivity contribution in [3.63, 3.8) is 0 Å². The Morgan fingerprint density at radius 1 is 1.11 bits per heavy atom. The van der Waals surface area contributed by atoms with E-state index in [9.17, 15) is 9.59 Å². The molecular weight excluding hydrogens is 579 g/mol. The minimum Gasteiger partial charge on any atom is -0.496 e. The molecule has 37 heavy (non-hydrogen) atoms. The second-order valence-electron chi connectivity index (χ2n) is 11.6. The summed E-state index contributed by atoms with van der Waals surface area (Å²) in [6.07, 6.45) is 3.13. The van der Waals surface area contributed by atoms with Crippen molar-refractivity contribution in [3.8, 4) is 22.6 Å². The highest BCUT2D eigenvalue weighted by Gasteiger charge is 2.54. The molecule has 0 unspecified atom stereocenters. The van der Waals surface area contributed by atoms with Gasteiger partial charge in [0.25, 0.3) is 5.91 Å². The largest absolute Gasteiger partial charge is 0.496 e. The number of halogens is 1. The number of methoxy groups -OCH3 is 1. The molecule has 2 aliphatic rings. The van der Waals surface area contributed by atoms with Crippen molar-refractivity contribution >= 4 is 34.7 Å². The van der Waals surface area contributed by atoms with Gasteiger partial charge in [-0.3, -0.25) is 12.7 Å². The number of ether oxygens (including phenoxy) is 2. The number of amides is 2. The Hall–Kier alpha value is -2.29. The molecule has 0 saturated heterocycles. The van der Waals surface area contributed by atoms with Gasteiger partial charge in [0, 0.05) is 6.54 Å². The highest BCUT2D eigenvalue weighted by Crippen LogP contribution is 2.52. The van der Waals surface area contributed by atoms with E-state index in [0.717, 1.165) is 41.7 Å². The number of rotatable bonds is 8. The van der Waals surface area contributed by atoms with E-state index < -0.39 is 0 Å². The van der Waals surface area contributed by atoms with Gasteiger partial charge in [0.1, 0.15) is 11.5 Å². The van der Waals surface area contributed by atoms with Crippen LogP contribution in [-0.4, -0.2) is 41.2 Å². The Labute approximate surface area is 235 Å². The highest BCUT2D eigenvalue weighted by atomic mass is 127. The van der Waals surface area contributed by atoms with E-state index in [4.69, 9.17) is 9.47 Å². The minimum atomic E-state index is -0.177. The molecule has 2 saturated carbocycles. The van der Waals surface area contributed by atoms with E-state index in [1.807, 2.05) is 50.2 Å². The third kappa shape index (κ3) is 5.91. The molecule has 0 aromatic heterocycles. The van der Waals surface area contributed by atoms with Crippen LogP contribution in [0.25, 0.3) is 11.1 Å². The van der Waals surface area contributed by atoms with Gasteiger partial charge in [-0.25, -0.2) is 0 Å². The van der Waals surface area contributed by atoms with E-state index in [1.54, 1.807) is 10.2 Å². The van der Waals surface area contributed by atoms with Gasteiger partial charge >= 0.3 is 0 Å². The number of carbonyl (C=O) groups excluding carboxylic acids is 2. The van der Waals surface area contributed by atoms with Crippen LogP contribution in [0.15, 0.2) is 36.4 Å². The van der Waals surface area contributed by atoms with E-state index in [2.05, 4.69) is 49.0 Å². The SMILES string of the molecule is CCOc1ccc(-c2cc(C(=O)N(I)[C@@H]3[C@H]4CC[C@@H](C4)[C@@H]3C(=O)NCC(C)(C)C)c(OC)cc2C)cc1. The zero-order valence-corrected chi connectivity index (χ0v) is 24.9. The molecular formula is C30H39IN2O4. The molecule has 0 aliphatic heterocycles. The van der Waals surface area contributed by atoms with Crippen LogP contribution in [0.5, 0.6) is 11.5 Å². The molecule has 7 heteroatoms. The lowest BCUT2D eigenvalue weighted by atomic mass is 9.83. The lowest BCUT2D eigenvalue weighted by Gasteiger charge is -2.36. The number of nitrogens with one attached hydrogen (secondary N) is 1. The molecule has 2 fully saturated rings. The van der Waals surface area contributed by atoms with Gasteiger partial charge in [-0.2, -0.15) is 0 Å². The van der Waals surface area contributed by atoms with Crippen molar-refractivity contribution in [2.75, 3.05) is 20.3 Å². The Kier molecular flexibility index (Phi) is 8.41. The van der Waals surface area contributed by atoms with Crippen LogP contribution in [0.3, 0.4) is 0 Å². The van der Waals surface area contributed by atoms with Crippen molar-refractivity contribution in [2.24, 2.45) is 23.2 Å². The molecule has 0 radical (unpaired) electrons. The molecule has 2 amide bonds. The first-order valence-corrected chi connectivity index (χ1v) is 14.2. The van der Waals surface area contributed by atoms with E-state index in [0.29, 0.717) is 36.3 Å². The van der Waals surface area contributed by atoms with Crippen molar-refractivity contribution in [1.29, 1.82) is 0 Å². The molecule has 6 nitrogen and oxygen atoms in total. The van der Waals surface area contributed by atoms with Crippen LogP contribution in [-0.2, 0) is 4.79 Å². The average Bonchev–Trinajstić information content (AvgIpc) is 3.48. The Morgan fingerprint density at radius 2 is 1.78 bits per heavy atom. The Bertz CT molecular complexity index is 1140. The zero-order valence-electron chi connectivity index (χ0n) is 22.8. The standard InChI is InChI=1S/C30H39IN2O4/c1-7-37-22-12-10-19(11-13-22)23-16-24(25(36-6)14-18(23)2)29(35)33(31)27-21-9-8-20(15-21)26(27)28(34)32-17-30(3,4)5/h10-14,16,20-21,26-27H,7-9,15,17H2,1-6H3,(H,32,34)/t20-,21-,26-,27+/m0/s1. The monoisotopic (exact) mass is 618 g/mol. The van der Waals surface area contributed by atoms with E-state index >= 15 is 0 Å². The van der Waals surface area contributed by atoms with E-state index in [1.165, 1.54) is 0 Å².